The van der Waals surface area contributed by atoms with Crippen LogP contribution in [-0.2, 0) is 26.0 Å². The normalized spacial score (nSPS) is 21.5. The summed E-state index contributed by atoms with van der Waals surface area (Å²) in [6.07, 6.45) is 1.73. The lowest BCUT2D eigenvalue weighted by Gasteiger charge is -2.46. The Morgan fingerprint density at radius 1 is 1.08 bits per heavy atom. The van der Waals surface area contributed by atoms with Crippen molar-refractivity contribution >= 4 is 0 Å². The molecule has 2 N–H and O–H groups in total. The third-order valence-electron chi connectivity index (χ3n) is 5.90. The molecule has 0 amide bonds. The average molecular weight is 355 g/mol. The molecule has 2 atom stereocenters. The van der Waals surface area contributed by atoms with Crippen LogP contribution in [0.5, 0.6) is 17.2 Å². The zero-order valence-electron chi connectivity index (χ0n) is 15.5. The van der Waals surface area contributed by atoms with Crippen LogP contribution in [0, 0.1) is 0 Å². The van der Waals surface area contributed by atoms with Gasteiger partial charge in [-0.2, -0.15) is 0 Å². The number of phenols is 1. The van der Waals surface area contributed by atoms with Crippen LogP contribution >= 0.6 is 0 Å². The van der Waals surface area contributed by atoms with E-state index in [9.17, 15) is 10.2 Å². The maximum Gasteiger partial charge on any atom is 0.160 e. The molecule has 5 nitrogen and oxygen atoms in total. The van der Waals surface area contributed by atoms with Gasteiger partial charge in [0.25, 0.3) is 0 Å². The highest BCUT2D eigenvalue weighted by molar-refractivity contribution is 5.52. The zero-order chi connectivity index (χ0) is 18.4. The smallest absolute Gasteiger partial charge is 0.160 e. The Balaban J connectivity index is 1.82. The lowest BCUT2D eigenvalue weighted by molar-refractivity contribution is 0.104. The molecule has 0 bridgehead atoms. The molecule has 0 saturated carbocycles. The minimum absolute atomic E-state index is 0.0324. The number of aliphatic hydroxyl groups excluding tert-OH is 1. The van der Waals surface area contributed by atoms with Crippen LogP contribution in [0.25, 0.3) is 0 Å². The van der Waals surface area contributed by atoms with Gasteiger partial charge in [-0.3, -0.25) is 4.90 Å². The molecule has 2 aromatic carbocycles. The Hall–Kier alpha value is -2.24. The Morgan fingerprint density at radius 3 is 2.54 bits per heavy atom. The third-order valence-corrected chi connectivity index (χ3v) is 5.90. The number of nitrogens with zero attached hydrogens (tertiary/aromatic N) is 1. The van der Waals surface area contributed by atoms with Crippen molar-refractivity contribution in [2.24, 2.45) is 0 Å². The lowest BCUT2D eigenvalue weighted by Crippen LogP contribution is -2.45. The van der Waals surface area contributed by atoms with Crippen LogP contribution in [0.1, 0.15) is 40.8 Å². The summed E-state index contributed by atoms with van der Waals surface area (Å²) in [6, 6.07) is 8.44. The van der Waals surface area contributed by atoms with Crippen LogP contribution in [0.4, 0.5) is 0 Å². The van der Waals surface area contributed by atoms with Gasteiger partial charge in [0.05, 0.1) is 20.8 Å². The highest BCUT2D eigenvalue weighted by atomic mass is 16.5. The molecule has 0 saturated heterocycles. The van der Waals surface area contributed by atoms with Crippen LogP contribution in [0.3, 0.4) is 0 Å². The van der Waals surface area contributed by atoms with Crippen LogP contribution in [-0.4, -0.2) is 35.4 Å². The standard InChI is InChI=1S/C21H25NO4/c1-12-6-14-7-21(26-3)19(24)9-16(14)18-8-15-13(10-22(12)18)4-5-20(25-2)17(15)11-23/h4-5,7,9,12,18,23-24H,6,8,10-11H2,1-3H3. The second kappa shape index (κ2) is 6.49. The molecule has 5 heteroatoms. The third kappa shape index (κ3) is 2.54. The number of hydrogen-bond acceptors (Lipinski definition) is 5. The highest BCUT2D eigenvalue weighted by Crippen LogP contribution is 2.45. The molecule has 2 aliphatic rings. The Bertz CT molecular complexity index is 848. The number of phenolic OH excluding ortho intramolecular Hbond substituents is 1. The molecule has 0 aromatic heterocycles. The molecule has 0 fully saturated rings. The first kappa shape index (κ1) is 17.2. The topological polar surface area (TPSA) is 62.2 Å². The molecule has 4 rings (SSSR count). The van der Waals surface area contributed by atoms with E-state index in [1.54, 1.807) is 14.2 Å². The van der Waals surface area contributed by atoms with Gasteiger partial charge in [-0.05, 0) is 60.2 Å². The Morgan fingerprint density at radius 2 is 1.85 bits per heavy atom. The lowest BCUT2D eigenvalue weighted by atomic mass is 9.80. The number of fused-ring (bicyclic) bond motifs is 4. The quantitative estimate of drug-likeness (QED) is 0.886. The van der Waals surface area contributed by atoms with E-state index in [0.717, 1.165) is 36.3 Å². The van der Waals surface area contributed by atoms with E-state index in [4.69, 9.17) is 9.47 Å². The van der Waals surface area contributed by atoms with E-state index in [0.29, 0.717) is 11.8 Å². The maximum absolute atomic E-state index is 10.3. The van der Waals surface area contributed by atoms with Gasteiger partial charge in [0.15, 0.2) is 11.5 Å². The van der Waals surface area contributed by atoms with Gasteiger partial charge in [0, 0.05) is 24.2 Å². The average Bonchev–Trinajstić information content (AvgIpc) is 2.66. The van der Waals surface area contributed by atoms with E-state index in [2.05, 4.69) is 17.9 Å². The number of aliphatic hydroxyl groups is 1. The van der Waals surface area contributed by atoms with Crippen LogP contribution in [0.15, 0.2) is 24.3 Å². The first-order chi connectivity index (χ1) is 12.6. The van der Waals surface area contributed by atoms with Crippen molar-refractivity contribution < 1.29 is 19.7 Å². The van der Waals surface area contributed by atoms with Crippen molar-refractivity contribution in [2.45, 2.75) is 45.0 Å². The largest absolute Gasteiger partial charge is 0.504 e. The first-order valence-corrected chi connectivity index (χ1v) is 9.01. The Labute approximate surface area is 153 Å². The van der Waals surface area contributed by atoms with Crippen molar-refractivity contribution in [2.75, 3.05) is 14.2 Å². The van der Waals surface area contributed by atoms with Gasteiger partial charge in [0.1, 0.15) is 5.75 Å². The van der Waals surface area contributed by atoms with Crippen molar-refractivity contribution in [3.63, 3.8) is 0 Å². The van der Waals surface area contributed by atoms with Gasteiger partial charge in [-0.25, -0.2) is 0 Å². The number of methoxy groups -OCH3 is 2. The Kier molecular flexibility index (Phi) is 4.29. The minimum atomic E-state index is -0.0324. The predicted octanol–water partition coefficient (Wildman–Crippen LogP) is 2.95. The summed E-state index contributed by atoms with van der Waals surface area (Å²) in [5.41, 5.74) is 5.67. The highest BCUT2D eigenvalue weighted by Gasteiger charge is 2.37. The van der Waals surface area contributed by atoms with Gasteiger partial charge in [-0.15, -0.1) is 0 Å². The molecule has 26 heavy (non-hydrogen) atoms. The molecular formula is C21H25NO4. The summed E-state index contributed by atoms with van der Waals surface area (Å²) in [7, 11) is 3.22. The molecule has 138 valence electrons. The first-order valence-electron chi connectivity index (χ1n) is 9.01. The van der Waals surface area contributed by atoms with Crippen molar-refractivity contribution in [1.29, 1.82) is 0 Å². The van der Waals surface area contributed by atoms with E-state index in [1.807, 2.05) is 18.2 Å². The molecule has 2 aromatic rings. The van der Waals surface area contributed by atoms with Gasteiger partial charge in [-0.1, -0.05) is 6.07 Å². The second-order valence-corrected chi connectivity index (χ2v) is 7.21. The molecule has 0 radical (unpaired) electrons. The number of hydrogen-bond donors (Lipinski definition) is 2. The summed E-state index contributed by atoms with van der Waals surface area (Å²) in [5, 5.41) is 20.2. The van der Waals surface area contributed by atoms with E-state index >= 15 is 0 Å². The number of rotatable bonds is 3. The number of aromatic hydroxyl groups is 1. The van der Waals surface area contributed by atoms with Gasteiger partial charge >= 0.3 is 0 Å². The fourth-order valence-corrected chi connectivity index (χ4v) is 4.57. The van der Waals surface area contributed by atoms with Crippen molar-refractivity contribution in [3.8, 4) is 17.2 Å². The summed E-state index contributed by atoms with van der Waals surface area (Å²) in [6.45, 7) is 3.05. The summed E-state index contributed by atoms with van der Waals surface area (Å²) in [4.78, 5) is 2.49. The molecule has 2 unspecified atom stereocenters. The molecular weight excluding hydrogens is 330 g/mol. The number of benzene rings is 2. The maximum atomic E-state index is 10.3. The van der Waals surface area contributed by atoms with Crippen LogP contribution < -0.4 is 9.47 Å². The predicted molar refractivity (Wildman–Crippen MR) is 98.7 cm³/mol. The van der Waals surface area contributed by atoms with E-state index in [-0.39, 0.29) is 18.4 Å². The number of ether oxygens (including phenoxy) is 2. The van der Waals surface area contributed by atoms with E-state index < -0.39 is 0 Å². The van der Waals surface area contributed by atoms with Gasteiger partial charge < -0.3 is 19.7 Å². The zero-order valence-corrected chi connectivity index (χ0v) is 15.5. The molecule has 2 heterocycles. The van der Waals surface area contributed by atoms with Crippen LogP contribution in [0.2, 0.25) is 0 Å². The minimum Gasteiger partial charge on any atom is -0.504 e. The summed E-state index contributed by atoms with van der Waals surface area (Å²) < 4.78 is 10.7. The monoisotopic (exact) mass is 355 g/mol. The second-order valence-electron chi connectivity index (χ2n) is 7.21. The van der Waals surface area contributed by atoms with E-state index in [1.165, 1.54) is 16.7 Å². The molecule has 0 aliphatic carbocycles. The molecule has 0 spiro atoms. The van der Waals surface area contributed by atoms with Gasteiger partial charge in [0.2, 0.25) is 0 Å². The SMILES string of the molecule is COc1cc2c(cc1O)C1Cc3c(ccc(OC)c3CO)CN1C(C)C2. The van der Waals surface area contributed by atoms with Crippen molar-refractivity contribution in [1.82, 2.24) is 4.90 Å². The summed E-state index contributed by atoms with van der Waals surface area (Å²) in [5.74, 6) is 1.44. The summed E-state index contributed by atoms with van der Waals surface area (Å²) >= 11 is 0. The van der Waals surface area contributed by atoms with Crippen molar-refractivity contribution in [3.05, 3.63) is 52.1 Å². The fraction of sp³-hybridized carbons (Fsp3) is 0.429. The fourth-order valence-electron chi connectivity index (χ4n) is 4.57. The molecule has 2 aliphatic heterocycles.